The number of rotatable bonds is 6. The third-order valence-corrected chi connectivity index (χ3v) is 3.09. The predicted molar refractivity (Wildman–Crippen MR) is 77.1 cm³/mol. The van der Waals surface area contributed by atoms with Gasteiger partial charge in [0.05, 0.1) is 7.41 Å². The minimum absolute atomic E-state index is 0.134. The first-order valence-corrected chi connectivity index (χ1v) is 6.79. The van der Waals surface area contributed by atoms with E-state index in [0.29, 0.717) is 0 Å². The second-order valence-electron chi connectivity index (χ2n) is 5.48. The Balaban J connectivity index is 3.11. The highest BCUT2D eigenvalue weighted by Crippen LogP contribution is 2.13. The molecule has 0 spiro atoms. The molecule has 1 fully saturated rings. The Morgan fingerprint density at radius 1 is 1.41 bits per heavy atom. The molecule has 1 saturated heterocycles. The van der Waals surface area contributed by atoms with Crippen LogP contribution in [0.2, 0.25) is 0 Å². The third-order valence-electron chi connectivity index (χ3n) is 3.09. The average Bonchev–Trinajstić information content (AvgIpc) is 2.76. The van der Waals surface area contributed by atoms with Crippen LogP contribution in [0, 0.1) is 5.92 Å². The molecule has 1 rings (SSSR count). The maximum atomic E-state index is 12.5. The Labute approximate surface area is 135 Å². The van der Waals surface area contributed by atoms with Gasteiger partial charge in [0.2, 0.25) is 5.91 Å². The molecule has 2 unspecified atom stereocenters. The lowest BCUT2D eigenvalue weighted by Gasteiger charge is -2.28. The molecule has 0 radical (unpaired) electrons. The second kappa shape index (κ2) is 7.35. The van der Waals surface area contributed by atoms with Crippen molar-refractivity contribution in [1.29, 1.82) is 0 Å². The first-order chi connectivity index (χ1) is 11.7. The molecular formula is C14H23N3O5. The van der Waals surface area contributed by atoms with E-state index in [0.717, 1.165) is 0 Å². The zero-order chi connectivity index (χ0) is 20.4. The van der Waals surface area contributed by atoms with Gasteiger partial charge in [-0.15, -0.1) is 5.06 Å². The zero-order valence-electron chi connectivity index (χ0n) is 17.0. The first kappa shape index (κ1) is 12.6. The van der Waals surface area contributed by atoms with Gasteiger partial charge < -0.3 is 10.2 Å². The molecule has 1 heterocycles. The number of likely N-dealkylation sites (N-methyl/N-ethyl adjacent to an activating group) is 1. The first-order valence-electron chi connectivity index (χ1n) is 8.79. The van der Waals surface area contributed by atoms with E-state index in [-0.39, 0.29) is 23.8 Å². The summed E-state index contributed by atoms with van der Waals surface area (Å²) in [6.45, 7) is 0.121. The van der Waals surface area contributed by atoms with E-state index in [1.165, 1.54) is 4.90 Å². The van der Waals surface area contributed by atoms with Crippen molar-refractivity contribution in [3.05, 3.63) is 0 Å². The summed E-state index contributed by atoms with van der Waals surface area (Å²) < 4.78 is 30.4. The average molecular weight is 319 g/mol. The van der Waals surface area contributed by atoms with Gasteiger partial charge in [-0.3, -0.25) is 19.3 Å². The molecule has 22 heavy (non-hydrogen) atoms. The van der Waals surface area contributed by atoms with E-state index >= 15 is 0 Å². The summed E-state index contributed by atoms with van der Waals surface area (Å²) in [5, 5.41) is 2.03. The Morgan fingerprint density at radius 2 is 1.95 bits per heavy atom. The van der Waals surface area contributed by atoms with Gasteiger partial charge in [0, 0.05) is 17.0 Å². The molecule has 124 valence electrons. The fourth-order valence-electron chi connectivity index (χ4n) is 2.17. The predicted octanol–water partition coefficient (Wildman–Crippen LogP) is -0.316. The second-order valence-corrected chi connectivity index (χ2v) is 5.48. The fraction of sp³-hybridized carbons (Fsp3) is 0.714. The molecule has 0 aromatic heterocycles. The standard InChI is InChI=1S/C14H23N3O5/c1-8(2)12(16(4)5)13(20)15-9(3)14(21)22-17-10(18)6-7-11(17)19/h8-9,12H,6-7H2,1-5H3,(H,15,20)/i3D3,9D,20+2. The quantitative estimate of drug-likeness (QED) is 0.533. The van der Waals surface area contributed by atoms with Crippen molar-refractivity contribution in [2.75, 3.05) is 14.1 Å². The number of hydrogen-bond donors (Lipinski definition) is 1. The molecule has 0 aliphatic carbocycles. The number of amides is 3. The van der Waals surface area contributed by atoms with Crippen LogP contribution in [-0.2, 0) is 24.0 Å². The van der Waals surface area contributed by atoms with Gasteiger partial charge in [0.25, 0.3) is 11.8 Å². The van der Waals surface area contributed by atoms with Crippen LogP contribution < -0.4 is 5.32 Å². The lowest BCUT2D eigenvalue weighted by atomic mass is 10.0. The molecule has 0 aromatic rings. The summed E-state index contributed by atoms with van der Waals surface area (Å²) in [5.41, 5.74) is 0. The van der Waals surface area contributed by atoms with Crippen LogP contribution in [0.5, 0.6) is 0 Å². The van der Waals surface area contributed by atoms with E-state index in [1.54, 1.807) is 27.9 Å². The van der Waals surface area contributed by atoms with Crippen LogP contribution in [0.3, 0.4) is 0 Å². The number of nitrogens with one attached hydrogen (secondary N) is 1. The highest BCUT2D eigenvalue weighted by molar-refractivity contribution is 6.02. The number of hydroxylamine groups is 2. The zero-order valence-corrected chi connectivity index (χ0v) is 13.0. The Bertz CT molecular complexity index is 584. The van der Waals surface area contributed by atoms with Crippen molar-refractivity contribution >= 4 is 23.7 Å². The summed E-state index contributed by atoms with van der Waals surface area (Å²) in [5.74, 6) is -4.50. The van der Waals surface area contributed by atoms with Crippen LogP contribution in [0.1, 0.15) is 39.0 Å². The van der Waals surface area contributed by atoms with Crippen molar-refractivity contribution in [2.24, 2.45) is 5.92 Å². The normalized spacial score (nSPS) is 22.5. The minimum atomic E-state index is -3.31. The van der Waals surface area contributed by atoms with Crippen LogP contribution >= 0.6 is 0 Å². The topological polar surface area (TPSA) is 96.0 Å². The Morgan fingerprint density at radius 3 is 2.36 bits per heavy atom. The SMILES string of the molecule is [2H]C([2H])([2H])C([2H])(NC(=[18O])C(C(C)C)N(C)C)C(=O)ON1C(=O)CCC1=O. The Hall–Kier alpha value is -1.96. The number of nitrogens with zero attached hydrogens (tertiary/aromatic N) is 2. The molecule has 0 aromatic carbocycles. The van der Waals surface area contributed by atoms with E-state index in [2.05, 4.69) is 4.84 Å². The molecule has 1 aliphatic heterocycles. The maximum Gasteiger partial charge on any atom is 0.354 e. The van der Waals surface area contributed by atoms with Crippen molar-refractivity contribution in [3.63, 3.8) is 0 Å². The van der Waals surface area contributed by atoms with E-state index in [9.17, 15) is 19.2 Å². The minimum Gasteiger partial charge on any atom is -0.341 e. The monoisotopic (exact) mass is 319 g/mol. The van der Waals surface area contributed by atoms with Gasteiger partial charge in [0.15, 0.2) is 0 Å². The van der Waals surface area contributed by atoms with E-state index in [4.69, 9.17) is 5.48 Å². The van der Waals surface area contributed by atoms with Crippen molar-refractivity contribution in [2.45, 2.75) is 45.6 Å². The van der Waals surface area contributed by atoms with Gasteiger partial charge in [-0.1, -0.05) is 13.8 Å². The summed E-state index contributed by atoms with van der Waals surface area (Å²) in [6, 6.07) is -4.00. The lowest BCUT2D eigenvalue weighted by molar-refractivity contribution is -0.198. The maximum absolute atomic E-state index is 12.5. The van der Waals surface area contributed by atoms with Gasteiger partial charge in [-0.05, 0) is 26.9 Å². The summed E-state index contributed by atoms with van der Waals surface area (Å²) in [4.78, 5) is 53.9. The summed E-state index contributed by atoms with van der Waals surface area (Å²) in [7, 11) is 3.18. The molecule has 1 N–H and O–H groups in total. The van der Waals surface area contributed by atoms with E-state index < -0.39 is 42.6 Å². The summed E-state index contributed by atoms with van der Waals surface area (Å²) >= 11 is 0. The number of carbonyl (C=O) groups is 4. The van der Waals surface area contributed by atoms with Crippen LogP contribution in [0.15, 0.2) is 0 Å². The molecule has 8 heteroatoms. The smallest absolute Gasteiger partial charge is 0.341 e. The lowest BCUT2D eigenvalue weighted by Crippen LogP contribution is -2.52. The van der Waals surface area contributed by atoms with Crippen molar-refractivity contribution in [3.8, 4) is 0 Å². The van der Waals surface area contributed by atoms with Gasteiger partial charge in [-0.25, -0.2) is 4.79 Å². The van der Waals surface area contributed by atoms with Gasteiger partial charge >= 0.3 is 5.97 Å². The molecule has 3 amide bonds. The number of imide groups is 1. The number of carbonyl (C=O) groups excluding carboxylic acids is 4. The summed E-state index contributed by atoms with van der Waals surface area (Å²) in [6.07, 6.45) is -0.374. The van der Waals surface area contributed by atoms with E-state index in [1.807, 2.05) is 5.32 Å². The third kappa shape index (κ3) is 4.27. The van der Waals surface area contributed by atoms with Crippen molar-refractivity contribution in [1.82, 2.24) is 15.3 Å². The molecule has 8 nitrogen and oxygen atoms in total. The number of hydrogen-bond acceptors (Lipinski definition) is 6. The highest BCUT2D eigenvalue weighted by Gasteiger charge is 2.35. The van der Waals surface area contributed by atoms with Crippen LogP contribution in [0.4, 0.5) is 0 Å². The highest BCUT2D eigenvalue weighted by atomic mass is 18.1. The molecular weight excluding hydrogens is 292 g/mol. The van der Waals surface area contributed by atoms with Gasteiger partial charge in [-0.2, -0.15) is 0 Å². The Kier molecular flexibility index (Phi) is 4.20. The molecule has 1 aliphatic rings. The van der Waals surface area contributed by atoms with Gasteiger partial charge in [0.1, 0.15) is 6.02 Å². The van der Waals surface area contributed by atoms with Crippen molar-refractivity contribution < 1.29 is 29.5 Å². The molecule has 2 atom stereocenters. The molecule has 0 saturated carbocycles. The van der Waals surface area contributed by atoms with Crippen LogP contribution in [-0.4, -0.2) is 59.8 Å². The van der Waals surface area contributed by atoms with Crippen LogP contribution in [0.25, 0.3) is 0 Å². The largest absolute Gasteiger partial charge is 0.354 e. The molecule has 0 bridgehead atoms. The fourth-order valence-corrected chi connectivity index (χ4v) is 2.17.